The van der Waals surface area contributed by atoms with Gasteiger partial charge in [0.05, 0.1) is 13.2 Å². The Balaban J connectivity index is 2.56. The van der Waals surface area contributed by atoms with Gasteiger partial charge in [0.15, 0.2) is 0 Å². The van der Waals surface area contributed by atoms with Crippen molar-refractivity contribution in [3.63, 3.8) is 0 Å². The van der Waals surface area contributed by atoms with Gasteiger partial charge in [0.25, 0.3) is 0 Å². The van der Waals surface area contributed by atoms with E-state index in [2.05, 4.69) is 32.6 Å². The summed E-state index contributed by atoms with van der Waals surface area (Å²) in [6.07, 6.45) is 0.996. The van der Waals surface area contributed by atoms with Crippen LogP contribution in [0.4, 0.5) is 0 Å². The highest BCUT2D eigenvalue weighted by Crippen LogP contribution is 2.29. The SMILES string of the molecule is CC(C)CN(CC(C)C)CC1(CO)CCOC1. The summed E-state index contributed by atoms with van der Waals surface area (Å²) >= 11 is 0. The molecule has 1 saturated heterocycles. The topological polar surface area (TPSA) is 32.7 Å². The highest BCUT2D eigenvalue weighted by molar-refractivity contribution is 4.86. The van der Waals surface area contributed by atoms with Crippen molar-refractivity contribution in [2.45, 2.75) is 34.1 Å². The molecule has 0 aromatic rings. The van der Waals surface area contributed by atoms with E-state index in [1.807, 2.05) is 0 Å². The molecule has 3 heteroatoms. The molecular formula is C14H29NO2. The van der Waals surface area contributed by atoms with Gasteiger partial charge in [-0.25, -0.2) is 0 Å². The highest BCUT2D eigenvalue weighted by atomic mass is 16.5. The lowest BCUT2D eigenvalue weighted by atomic mass is 9.87. The zero-order valence-electron chi connectivity index (χ0n) is 11.9. The first-order valence-electron chi connectivity index (χ1n) is 6.88. The van der Waals surface area contributed by atoms with Gasteiger partial charge in [-0.1, -0.05) is 27.7 Å². The van der Waals surface area contributed by atoms with E-state index in [0.717, 1.165) is 39.3 Å². The Morgan fingerprint density at radius 2 is 1.76 bits per heavy atom. The minimum absolute atomic E-state index is 0.0101. The third kappa shape index (κ3) is 4.94. The van der Waals surface area contributed by atoms with E-state index in [1.54, 1.807) is 0 Å². The van der Waals surface area contributed by atoms with Gasteiger partial charge in [-0.15, -0.1) is 0 Å². The van der Waals surface area contributed by atoms with E-state index in [-0.39, 0.29) is 12.0 Å². The van der Waals surface area contributed by atoms with E-state index in [0.29, 0.717) is 11.8 Å². The minimum atomic E-state index is -0.0101. The summed E-state index contributed by atoms with van der Waals surface area (Å²) in [5.41, 5.74) is -0.0101. The first-order chi connectivity index (χ1) is 7.97. The largest absolute Gasteiger partial charge is 0.396 e. The van der Waals surface area contributed by atoms with Crippen LogP contribution in [0.15, 0.2) is 0 Å². The second kappa shape index (κ2) is 6.72. The number of aliphatic hydroxyl groups is 1. The summed E-state index contributed by atoms with van der Waals surface area (Å²) in [6.45, 7) is 14.0. The summed E-state index contributed by atoms with van der Waals surface area (Å²) in [5, 5.41) is 9.63. The molecule has 0 radical (unpaired) electrons. The van der Waals surface area contributed by atoms with E-state index in [9.17, 15) is 5.11 Å². The van der Waals surface area contributed by atoms with Crippen molar-refractivity contribution in [3.8, 4) is 0 Å². The lowest BCUT2D eigenvalue weighted by Gasteiger charge is -2.34. The molecule has 1 heterocycles. The Morgan fingerprint density at radius 1 is 1.18 bits per heavy atom. The summed E-state index contributed by atoms with van der Waals surface area (Å²) in [4.78, 5) is 2.50. The Labute approximate surface area is 106 Å². The predicted octanol–water partition coefficient (Wildman–Crippen LogP) is 2.00. The van der Waals surface area contributed by atoms with Gasteiger partial charge in [0, 0.05) is 31.7 Å². The molecule has 0 bridgehead atoms. The van der Waals surface area contributed by atoms with Crippen LogP contribution in [0.2, 0.25) is 0 Å². The highest BCUT2D eigenvalue weighted by Gasteiger charge is 2.36. The van der Waals surface area contributed by atoms with Crippen molar-refractivity contribution < 1.29 is 9.84 Å². The van der Waals surface area contributed by atoms with Crippen LogP contribution in [0.5, 0.6) is 0 Å². The average Bonchev–Trinajstić information content (AvgIpc) is 2.65. The smallest absolute Gasteiger partial charge is 0.0557 e. The molecule has 0 spiro atoms. The van der Waals surface area contributed by atoms with Gasteiger partial charge in [-0.05, 0) is 18.3 Å². The molecule has 0 aromatic carbocycles. The van der Waals surface area contributed by atoms with Crippen molar-refractivity contribution in [1.29, 1.82) is 0 Å². The summed E-state index contributed by atoms with van der Waals surface area (Å²) in [7, 11) is 0. The molecular weight excluding hydrogens is 214 g/mol. The Bertz CT molecular complexity index is 200. The standard InChI is InChI=1S/C14H29NO2/c1-12(2)7-15(8-13(3)4)9-14(10-16)5-6-17-11-14/h12-13,16H,5-11H2,1-4H3. The first-order valence-corrected chi connectivity index (χ1v) is 6.88. The third-order valence-corrected chi connectivity index (χ3v) is 3.33. The summed E-state index contributed by atoms with van der Waals surface area (Å²) in [6, 6.07) is 0. The zero-order valence-corrected chi connectivity index (χ0v) is 11.9. The first kappa shape index (κ1) is 14.9. The molecule has 0 aliphatic carbocycles. The fraction of sp³-hybridized carbons (Fsp3) is 1.00. The number of rotatable bonds is 7. The lowest BCUT2D eigenvalue weighted by molar-refractivity contribution is 0.0489. The molecule has 0 saturated carbocycles. The molecule has 3 nitrogen and oxygen atoms in total. The van der Waals surface area contributed by atoms with Crippen molar-refractivity contribution in [3.05, 3.63) is 0 Å². The Kier molecular flexibility index (Phi) is 5.90. The zero-order chi connectivity index (χ0) is 12.9. The van der Waals surface area contributed by atoms with Crippen molar-refractivity contribution in [1.82, 2.24) is 4.90 Å². The minimum Gasteiger partial charge on any atom is -0.396 e. The number of ether oxygens (including phenoxy) is 1. The summed E-state index contributed by atoms with van der Waals surface area (Å²) < 4.78 is 5.48. The van der Waals surface area contributed by atoms with Crippen LogP contribution in [0, 0.1) is 17.3 Å². The Morgan fingerprint density at radius 3 is 2.12 bits per heavy atom. The van der Waals surface area contributed by atoms with E-state index in [4.69, 9.17) is 4.74 Å². The second-order valence-electron chi connectivity index (χ2n) is 6.44. The van der Waals surface area contributed by atoms with Gasteiger partial charge >= 0.3 is 0 Å². The molecule has 1 unspecified atom stereocenters. The van der Waals surface area contributed by atoms with Gasteiger partial charge in [-0.3, -0.25) is 0 Å². The second-order valence-corrected chi connectivity index (χ2v) is 6.44. The number of aliphatic hydroxyl groups excluding tert-OH is 1. The molecule has 1 N–H and O–H groups in total. The normalized spacial score (nSPS) is 25.4. The maximum Gasteiger partial charge on any atom is 0.0557 e. The quantitative estimate of drug-likeness (QED) is 0.742. The lowest BCUT2D eigenvalue weighted by Crippen LogP contribution is -2.43. The van der Waals surface area contributed by atoms with Gasteiger partial charge in [-0.2, -0.15) is 0 Å². The molecule has 0 aromatic heterocycles. The van der Waals surface area contributed by atoms with Gasteiger partial charge in [0.1, 0.15) is 0 Å². The molecule has 1 aliphatic heterocycles. The van der Waals surface area contributed by atoms with Crippen LogP contribution in [-0.2, 0) is 4.74 Å². The van der Waals surface area contributed by atoms with Gasteiger partial charge < -0.3 is 14.7 Å². The molecule has 0 amide bonds. The maximum absolute atomic E-state index is 9.63. The van der Waals surface area contributed by atoms with Crippen molar-refractivity contribution >= 4 is 0 Å². The summed E-state index contributed by atoms with van der Waals surface area (Å²) in [5.74, 6) is 1.35. The van der Waals surface area contributed by atoms with E-state index < -0.39 is 0 Å². The number of nitrogens with zero attached hydrogens (tertiary/aromatic N) is 1. The van der Waals surface area contributed by atoms with Crippen LogP contribution < -0.4 is 0 Å². The molecule has 17 heavy (non-hydrogen) atoms. The molecule has 1 atom stereocenters. The maximum atomic E-state index is 9.63. The molecule has 1 fully saturated rings. The fourth-order valence-electron chi connectivity index (χ4n) is 2.66. The van der Waals surface area contributed by atoms with Gasteiger partial charge in [0.2, 0.25) is 0 Å². The third-order valence-electron chi connectivity index (χ3n) is 3.33. The number of hydrogen-bond donors (Lipinski definition) is 1. The van der Waals surface area contributed by atoms with Crippen molar-refractivity contribution in [2.75, 3.05) is 39.5 Å². The van der Waals surface area contributed by atoms with Crippen LogP contribution in [0.3, 0.4) is 0 Å². The molecule has 1 aliphatic rings. The average molecular weight is 243 g/mol. The monoisotopic (exact) mass is 243 g/mol. The van der Waals surface area contributed by atoms with E-state index in [1.165, 1.54) is 0 Å². The van der Waals surface area contributed by atoms with Crippen molar-refractivity contribution in [2.24, 2.45) is 17.3 Å². The fourth-order valence-corrected chi connectivity index (χ4v) is 2.66. The van der Waals surface area contributed by atoms with Crippen LogP contribution >= 0.6 is 0 Å². The Hall–Kier alpha value is -0.120. The number of hydrogen-bond acceptors (Lipinski definition) is 3. The predicted molar refractivity (Wildman–Crippen MR) is 71.1 cm³/mol. The van der Waals surface area contributed by atoms with Crippen LogP contribution in [0.25, 0.3) is 0 Å². The van der Waals surface area contributed by atoms with Crippen LogP contribution in [-0.4, -0.2) is 49.5 Å². The molecule has 1 rings (SSSR count). The van der Waals surface area contributed by atoms with Crippen LogP contribution in [0.1, 0.15) is 34.1 Å². The molecule has 102 valence electrons. The van der Waals surface area contributed by atoms with E-state index >= 15 is 0 Å².